The predicted octanol–water partition coefficient (Wildman–Crippen LogP) is 3.39. The first-order chi connectivity index (χ1) is 6.61. The second-order valence-corrected chi connectivity index (χ2v) is 3.94. The van der Waals surface area contributed by atoms with Crippen molar-refractivity contribution in [3.8, 4) is 11.8 Å². The van der Waals surface area contributed by atoms with Crippen LogP contribution in [0.5, 0.6) is 5.75 Å². The molecule has 74 valence electrons. The SMILES string of the molecule is COc1ccc(C(C)C#N)c(C)c1Br. The van der Waals surface area contributed by atoms with Gasteiger partial charge in [0.25, 0.3) is 0 Å². The molecule has 0 radical (unpaired) electrons. The van der Waals surface area contributed by atoms with Gasteiger partial charge in [-0.2, -0.15) is 5.26 Å². The number of nitrogens with zero attached hydrogens (tertiary/aromatic N) is 1. The summed E-state index contributed by atoms with van der Waals surface area (Å²) in [6, 6.07) is 6.04. The number of hydrogen-bond acceptors (Lipinski definition) is 2. The maximum Gasteiger partial charge on any atom is 0.133 e. The standard InChI is InChI=1S/C11H12BrNO/c1-7(6-13)9-4-5-10(14-3)11(12)8(9)2/h4-5,7H,1-3H3. The van der Waals surface area contributed by atoms with Gasteiger partial charge in [0, 0.05) is 0 Å². The largest absolute Gasteiger partial charge is 0.496 e. The fraction of sp³-hybridized carbons (Fsp3) is 0.364. The van der Waals surface area contributed by atoms with E-state index >= 15 is 0 Å². The van der Waals surface area contributed by atoms with Gasteiger partial charge >= 0.3 is 0 Å². The van der Waals surface area contributed by atoms with Crippen LogP contribution in [0.15, 0.2) is 16.6 Å². The molecule has 0 aliphatic rings. The molecule has 0 N–H and O–H groups in total. The van der Waals surface area contributed by atoms with Gasteiger partial charge in [-0.25, -0.2) is 0 Å². The lowest BCUT2D eigenvalue weighted by Gasteiger charge is -2.12. The first-order valence-corrected chi connectivity index (χ1v) is 5.13. The third-order valence-corrected chi connectivity index (χ3v) is 3.26. The Hall–Kier alpha value is -1.01. The summed E-state index contributed by atoms with van der Waals surface area (Å²) < 4.78 is 6.09. The van der Waals surface area contributed by atoms with E-state index in [2.05, 4.69) is 22.0 Å². The first-order valence-electron chi connectivity index (χ1n) is 4.34. The van der Waals surface area contributed by atoms with Gasteiger partial charge in [-0.3, -0.25) is 0 Å². The molecule has 2 nitrogen and oxygen atoms in total. The zero-order valence-corrected chi connectivity index (χ0v) is 10.1. The molecule has 0 fully saturated rings. The molecule has 0 spiro atoms. The molecule has 0 heterocycles. The third kappa shape index (κ3) is 1.91. The van der Waals surface area contributed by atoms with Crippen molar-refractivity contribution in [1.82, 2.24) is 0 Å². The Morgan fingerprint density at radius 1 is 1.50 bits per heavy atom. The van der Waals surface area contributed by atoms with E-state index in [1.165, 1.54) is 0 Å². The zero-order valence-electron chi connectivity index (χ0n) is 8.47. The number of ether oxygens (including phenoxy) is 1. The van der Waals surface area contributed by atoms with Gasteiger partial charge in [0.2, 0.25) is 0 Å². The molecule has 0 aliphatic heterocycles. The molecule has 0 saturated heterocycles. The molecule has 1 aromatic rings. The van der Waals surface area contributed by atoms with E-state index < -0.39 is 0 Å². The summed E-state index contributed by atoms with van der Waals surface area (Å²) in [5.74, 6) is 0.716. The number of benzene rings is 1. The molecule has 1 rings (SSSR count). The molecule has 0 amide bonds. The van der Waals surface area contributed by atoms with Crippen LogP contribution in [0.2, 0.25) is 0 Å². The number of hydrogen-bond donors (Lipinski definition) is 0. The Labute approximate surface area is 92.6 Å². The van der Waals surface area contributed by atoms with E-state index in [4.69, 9.17) is 10.00 Å². The van der Waals surface area contributed by atoms with Crippen molar-refractivity contribution >= 4 is 15.9 Å². The van der Waals surface area contributed by atoms with Gasteiger partial charge in [-0.05, 0) is 47.0 Å². The second kappa shape index (κ2) is 4.47. The lowest BCUT2D eigenvalue weighted by atomic mass is 9.97. The monoisotopic (exact) mass is 253 g/mol. The molecule has 0 aliphatic carbocycles. The number of methoxy groups -OCH3 is 1. The van der Waals surface area contributed by atoms with Crippen molar-refractivity contribution < 1.29 is 4.74 Å². The summed E-state index contributed by atoms with van der Waals surface area (Å²) >= 11 is 3.45. The number of rotatable bonds is 2. The quantitative estimate of drug-likeness (QED) is 0.810. The minimum atomic E-state index is -0.0859. The molecule has 1 atom stereocenters. The Balaban J connectivity index is 3.25. The molecule has 0 saturated carbocycles. The van der Waals surface area contributed by atoms with Gasteiger partial charge in [-0.15, -0.1) is 0 Å². The van der Waals surface area contributed by atoms with Crippen LogP contribution in [0, 0.1) is 18.3 Å². The van der Waals surface area contributed by atoms with Crippen LogP contribution in [0.25, 0.3) is 0 Å². The summed E-state index contributed by atoms with van der Waals surface area (Å²) in [5, 5.41) is 8.83. The van der Waals surface area contributed by atoms with Crippen LogP contribution in [-0.4, -0.2) is 7.11 Å². The van der Waals surface area contributed by atoms with E-state index in [0.29, 0.717) is 0 Å². The van der Waals surface area contributed by atoms with Crippen molar-refractivity contribution in [1.29, 1.82) is 5.26 Å². The lowest BCUT2D eigenvalue weighted by molar-refractivity contribution is 0.411. The Morgan fingerprint density at radius 3 is 2.64 bits per heavy atom. The fourth-order valence-corrected chi connectivity index (χ4v) is 1.89. The van der Waals surface area contributed by atoms with Crippen LogP contribution in [0.3, 0.4) is 0 Å². The highest BCUT2D eigenvalue weighted by molar-refractivity contribution is 9.10. The van der Waals surface area contributed by atoms with E-state index in [1.54, 1.807) is 7.11 Å². The highest BCUT2D eigenvalue weighted by Gasteiger charge is 2.12. The highest BCUT2D eigenvalue weighted by Crippen LogP contribution is 2.33. The van der Waals surface area contributed by atoms with Gasteiger partial charge in [0.05, 0.1) is 23.6 Å². The lowest BCUT2D eigenvalue weighted by Crippen LogP contribution is -1.96. The third-order valence-electron chi connectivity index (χ3n) is 2.27. The van der Waals surface area contributed by atoms with E-state index in [9.17, 15) is 0 Å². The fourth-order valence-electron chi connectivity index (χ4n) is 1.37. The normalized spacial score (nSPS) is 11.9. The topological polar surface area (TPSA) is 33.0 Å². The summed E-state index contributed by atoms with van der Waals surface area (Å²) in [4.78, 5) is 0. The first kappa shape index (κ1) is 11.1. The number of halogens is 1. The summed E-state index contributed by atoms with van der Waals surface area (Å²) in [5.41, 5.74) is 2.11. The Kier molecular flexibility index (Phi) is 3.54. The number of nitriles is 1. The van der Waals surface area contributed by atoms with Gasteiger partial charge in [0.15, 0.2) is 0 Å². The van der Waals surface area contributed by atoms with Crippen molar-refractivity contribution in [3.63, 3.8) is 0 Å². The smallest absolute Gasteiger partial charge is 0.133 e. The molecule has 0 aromatic heterocycles. The molecule has 3 heteroatoms. The molecule has 0 bridgehead atoms. The van der Waals surface area contributed by atoms with Crippen LogP contribution in [0.4, 0.5) is 0 Å². The summed E-state index contributed by atoms with van der Waals surface area (Å²) in [7, 11) is 1.63. The summed E-state index contributed by atoms with van der Waals surface area (Å²) in [6.07, 6.45) is 0. The van der Waals surface area contributed by atoms with Crippen molar-refractivity contribution in [3.05, 3.63) is 27.7 Å². The van der Waals surface area contributed by atoms with Gasteiger partial charge < -0.3 is 4.74 Å². The zero-order chi connectivity index (χ0) is 10.7. The molecular weight excluding hydrogens is 242 g/mol. The van der Waals surface area contributed by atoms with Gasteiger partial charge in [-0.1, -0.05) is 6.07 Å². The average Bonchev–Trinajstić information content (AvgIpc) is 2.21. The van der Waals surface area contributed by atoms with Gasteiger partial charge in [0.1, 0.15) is 5.75 Å². The highest BCUT2D eigenvalue weighted by atomic mass is 79.9. The Bertz CT molecular complexity index is 382. The average molecular weight is 254 g/mol. The van der Waals surface area contributed by atoms with E-state index in [1.807, 2.05) is 26.0 Å². The predicted molar refractivity (Wildman–Crippen MR) is 59.5 cm³/mol. The van der Waals surface area contributed by atoms with E-state index in [0.717, 1.165) is 21.3 Å². The minimum absolute atomic E-state index is 0.0859. The second-order valence-electron chi connectivity index (χ2n) is 3.15. The van der Waals surface area contributed by atoms with Crippen molar-refractivity contribution in [2.24, 2.45) is 0 Å². The molecule has 14 heavy (non-hydrogen) atoms. The van der Waals surface area contributed by atoms with Crippen LogP contribution in [0.1, 0.15) is 24.0 Å². The van der Waals surface area contributed by atoms with Crippen LogP contribution in [-0.2, 0) is 0 Å². The van der Waals surface area contributed by atoms with Crippen LogP contribution >= 0.6 is 15.9 Å². The summed E-state index contributed by atoms with van der Waals surface area (Å²) in [6.45, 7) is 3.87. The molecule has 1 unspecified atom stereocenters. The van der Waals surface area contributed by atoms with Crippen molar-refractivity contribution in [2.75, 3.05) is 7.11 Å². The Morgan fingerprint density at radius 2 is 2.14 bits per heavy atom. The van der Waals surface area contributed by atoms with E-state index in [-0.39, 0.29) is 5.92 Å². The van der Waals surface area contributed by atoms with Crippen LogP contribution < -0.4 is 4.74 Å². The maximum atomic E-state index is 8.83. The maximum absolute atomic E-state index is 8.83. The molecular formula is C11H12BrNO. The minimum Gasteiger partial charge on any atom is -0.496 e. The molecule has 1 aromatic carbocycles. The van der Waals surface area contributed by atoms with Crippen molar-refractivity contribution in [2.45, 2.75) is 19.8 Å².